The van der Waals surface area contributed by atoms with Gasteiger partial charge in [0.25, 0.3) is 5.91 Å². The van der Waals surface area contributed by atoms with Crippen LogP contribution in [-0.4, -0.2) is 36.1 Å². The third-order valence-electron chi connectivity index (χ3n) is 3.70. The number of hydrogen-bond donors (Lipinski definition) is 3. The molecule has 0 fully saturated rings. The molecule has 2 heterocycles. The molecule has 0 bridgehead atoms. The average Bonchev–Trinajstić information content (AvgIpc) is 3.23. The number of aromatic nitrogens is 6. The zero-order valence-electron chi connectivity index (χ0n) is 13.9. The highest BCUT2D eigenvalue weighted by atomic mass is 19.4. The Morgan fingerprint density at radius 3 is 2.74 bits per heavy atom. The summed E-state index contributed by atoms with van der Waals surface area (Å²) >= 11 is 0. The minimum Gasteiger partial charge on any atom is -0.341 e. The van der Waals surface area contributed by atoms with E-state index in [1.54, 1.807) is 6.92 Å². The third-order valence-corrected chi connectivity index (χ3v) is 3.70. The van der Waals surface area contributed by atoms with Crippen LogP contribution in [0.1, 0.15) is 40.4 Å². The maximum atomic E-state index is 13.0. The summed E-state index contributed by atoms with van der Waals surface area (Å²) in [5, 5.41) is 15.8. The van der Waals surface area contributed by atoms with Crippen molar-refractivity contribution in [2.75, 3.05) is 0 Å². The maximum Gasteiger partial charge on any atom is 0.416 e. The van der Waals surface area contributed by atoms with Gasteiger partial charge in [0, 0.05) is 0 Å². The molecular formula is C15H14F3N7O2. The van der Waals surface area contributed by atoms with E-state index in [9.17, 15) is 22.8 Å². The molecule has 1 aromatic carbocycles. The lowest BCUT2D eigenvalue weighted by molar-refractivity contribution is -0.138. The van der Waals surface area contributed by atoms with Crippen LogP contribution in [0.3, 0.4) is 0 Å². The van der Waals surface area contributed by atoms with Gasteiger partial charge in [0.05, 0.1) is 24.3 Å². The first-order valence-corrected chi connectivity index (χ1v) is 7.74. The van der Waals surface area contributed by atoms with Crippen LogP contribution in [-0.2, 0) is 12.7 Å². The molecule has 0 saturated carbocycles. The molecule has 0 spiro atoms. The van der Waals surface area contributed by atoms with Gasteiger partial charge < -0.3 is 5.32 Å². The van der Waals surface area contributed by atoms with E-state index in [1.165, 1.54) is 24.4 Å². The second kappa shape index (κ2) is 7.05. The lowest BCUT2D eigenvalue weighted by atomic mass is 10.1. The maximum absolute atomic E-state index is 13.0. The number of halogens is 3. The fraction of sp³-hybridized carbons (Fsp3) is 0.267. The van der Waals surface area contributed by atoms with Crippen molar-refractivity contribution in [3.63, 3.8) is 0 Å². The predicted molar refractivity (Wildman–Crippen MR) is 85.7 cm³/mol. The van der Waals surface area contributed by atoms with Crippen LogP contribution in [0, 0.1) is 0 Å². The number of alkyl halides is 3. The second-order valence-electron chi connectivity index (χ2n) is 5.71. The van der Waals surface area contributed by atoms with Gasteiger partial charge in [0.2, 0.25) is 0 Å². The van der Waals surface area contributed by atoms with Gasteiger partial charge in [-0.3, -0.25) is 9.78 Å². The van der Waals surface area contributed by atoms with Gasteiger partial charge in [-0.2, -0.15) is 18.3 Å². The van der Waals surface area contributed by atoms with E-state index in [1.807, 2.05) is 0 Å². The monoisotopic (exact) mass is 381 g/mol. The Morgan fingerprint density at radius 2 is 2.07 bits per heavy atom. The van der Waals surface area contributed by atoms with Crippen molar-refractivity contribution in [2.45, 2.75) is 25.7 Å². The molecule has 1 amide bonds. The average molecular weight is 381 g/mol. The molecule has 0 aliphatic rings. The Bertz CT molecular complexity index is 1010. The van der Waals surface area contributed by atoms with Gasteiger partial charge >= 0.3 is 11.9 Å². The minimum atomic E-state index is -4.49. The van der Waals surface area contributed by atoms with E-state index >= 15 is 0 Å². The number of nitrogens with one attached hydrogen (secondary N) is 3. The lowest BCUT2D eigenvalue weighted by Crippen LogP contribution is -2.28. The number of carbonyl (C=O) groups excluding carboxylic acids is 1. The third kappa shape index (κ3) is 4.22. The summed E-state index contributed by atoms with van der Waals surface area (Å²) in [6.45, 7) is 1.40. The van der Waals surface area contributed by atoms with Crippen molar-refractivity contribution < 1.29 is 18.0 Å². The van der Waals surface area contributed by atoms with Gasteiger partial charge in [0.15, 0.2) is 11.5 Å². The molecule has 1 unspecified atom stereocenters. The first kappa shape index (κ1) is 18.4. The number of benzene rings is 1. The number of carbonyl (C=O) groups is 1. The van der Waals surface area contributed by atoms with E-state index in [4.69, 9.17) is 0 Å². The molecule has 0 radical (unpaired) electrons. The van der Waals surface area contributed by atoms with Crippen LogP contribution in [0.4, 0.5) is 13.2 Å². The molecule has 27 heavy (non-hydrogen) atoms. The number of hydrogen-bond acceptors (Lipinski definition) is 5. The number of amides is 1. The van der Waals surface area contributed by atoms with E-state index in [0.717, 1.165) is 10.7 Å². The predicted octanol–water partition coefficient (Wildman–Crippen LogP) is 1.25. The van der Waals surface area contributed by atoms with E-state index in [2.05, 4.69) is 30.8 Å². The van der Waals surface area contributed by atoms with Gasteiger partial charge in [-0.25, -0.2) is 14.6 Å². The van der Waals surface area contributed by atoms with E-state index < -0.39 is 29.4 Å². The van der Waals surface area contributed by atoms with Crippen LogP contribution in [0.15, 0.2) is 35.3 Å². The van der Waals surface area contributed by atoms with Gasteiger partial charge in [-0.15, -0.1) is 5.10 Å². The summed E-state index contributed by atoms with van der Waals surface area (Å²) in [4.78, 5) is 25.6. The lowest BCUT2D eigenvalue weighted by Gasteiger charge is -2.12. The molecule has 3 rings (SSSR count). The molecule has 0 aliphatic heterocycles. The Kier molecular flexibility index (Phi) is 4.79. The summed E-state index contributed by atoms with van der Waals surface area (Å²) in [7, 11) is 0. The van der Waals surface area contributed by atoms with Crippen molar-refractivity contribution >= 4 is 5.91 Å². The van der Waals surface area contributed by atoms with Crippen molar-refractivity contribution in [3.05, 3.63) is 63.6 Å². The van der Waals surface area contributed by atoms with Crippen LogP contribution < -0.4 is 11.0 Å². The van der Waals surface area contributed by atoms with E-state index in [0.29, 0.717) is 0 Å². The SMILES string of the molecule is CC(NC(=O)c1cn(Cc2ccccc2C(F)(F)F)nn1)c1n[nH]c(=O)[nH]1. The summed E-state index contributed by atoms with van der Waals surface area (Å²) in [5.74, 6) is -0.387. The zero-order chi connectivity index (χ0) is 19.6. The molecule has 12 heteroatoms. The van der Waals surface area contributed by atoms with Crippen LogP contribution in [0.5, 0.6) is 0 Å². The smallest absolute Gasteiger partial charge is 0.341 e. The van der Waals surface area contributed by atoms with Crippen molar-refractivity contribution in [2.24, 2.45) is 0 Å². The highest BCUT2D eigenvalue weighted by Crippen LogP contribution is 2.32. The number of rotatable bonds is 5. The first-order chi connectivity index (χ1) is 12.7. The second-order valence-corrected chi connectivity index (χ2v) is 5.71. The van der Waals surface area contributed by atoms with Crippen LogP contribution in [0.25, 0.3) is 0 Å². The highest BCUT2D eigenvalue weighted by Gasteiger charge is 2.33. The number of aromatic amines is 2. The zero-order valence-corrected chi connectivity index (χ0v) is 13.9. The quantitative estimate of drug-likeness (QED) is 0.614. The van der Waals surface area contributed by atoms with Gasteiger partial charge in [-0.1, -0.05) is 23.4 Å². The minimum absolute atomic E-state index is 0.00400. The Balaban J connectivity index is 1.72. The molecule has 1 atom stereocenters. The summed E-state index contributed by atoms with van der Waals surface area (Å²) in [5.41, 5.74) is -1.36. The largest absolute Gasteiger partial charge is 0.416 e. The molecule has 3 N–H and O–H groups in total. The Morgan fingerprint density at radius 1 is 1.33 bits per heavy atom. The van der Waals surface area contributed by atoms with Crippen LogP contribution in [0.2, 0.25) is 0 Å². The molecule has 0 saturated heterocycles. The summed E-state index contributed by atoms with van der Waals surface area (Å²) in [6.07, 6.45) is -3.25. The molecular weight excluding hydrogens is 367 g/mol. The number of nitrogens with zero attached hydrogens (tertiary/aromatic N) is 4. The standard InChI is InChI=1S/C15H14F3N7O2/c1-8(12-20-14(27)23-22-12)19-13(26)11-7-25(24-21-11)6-9-4-2-3-5-10(9)15(16,17)18/h2-5,7-8H,6H2,1H3,(H,19,26)(H2,20,22,23,27). The van der Waals surface area contributed by atoms with Crippen molar-refractivity contribution in [3.8, 4) is 0 Å². The Labute approximate surface area is 149 Å². The van der Waals surface area contributed by atoms with Crippen molar-refractivity contribution in [1.29, 1.82) is 0 Å². The topological polar surface area (TPSA) is 121 Å². The van der Waals surface area contributed by atoms with Crippen molar-refractivity contribution in [1.82, 2.24) is 35.5 Å². The normalized spacial score (nSPS) is 12.7. The molecule has 3 aromatic rings. The molecule has 0 aliphatic carbocycles. The fourth-order valence-corrected chi connectivity index (χ4v) is 2.42. The molecule has 9 nitrogen and oxygen atoms in total. The summed E-state index contributed by atoms with van der Waals surface area (Å²) in [6, 6.07) is 4.48. The summed E-state index contributed by atoms with van der Waals surface area (Å²) < 4.78 is 40.3. The number of H-pyrrole nitrogens is 2. The fourth-order valence-electron chi connectivity index (χ4n) is 2.42. The molecule has 2 aromatic heterocycles. The molecule has 142 valence electrons. The first-order valence-electron chi connectivity index (χ1n) is 7.74. The highest BCUT2D eigenvalue weighted by molar-refractivity contribution is 5.92. The van der Waals surface area contributed by atoms with Crippen LogP contribution >= 0.6 is 0 Å². The van der Waals surface area contributed by atoms with Gasteiger partial charge in [-0.05, 0) is 18.6 Å². The van der Waals surface area contributed by atoms with Gasteiger partial charge in [0.1, 0.15) is 0 Å². The van der Waals surface area contributed by atoms with E-state index in [-0.39, 0.29) is 23.6 Å². The Hall–Kier alpha value is -3.44.